The summed E-state index contributed by atoms with van der Waals surface area (Å²) in [6.45, 7) is 2.88. The second-order valence-electron chi connectivity index (χ2n) is 5.41. The summed E-state index contributed by atoms with van der Waals surface area (Å²) in [5, 5.41) is 0. The van der Waals surface area contributed by atoms with E-state index in [0.717, 1.165) is 25.1 Å². The molecule has 118 valence electrons. The van der Waals surface area contributed by atoms with Crippen molar-refractivity contribution in [2.75, 3.05) is 53.2 Å². The van der Waals surface area contributed by atoms with E-state index in [1.54, 1.807) is 7.11 Å². The lowest BCUT2D eigenvalue weighted by Gasteiger charge is -2.23. The fourth-order valence-corrected chi connectivity index (χ4v) is 2.11. The van der Waals surface area contributed by atoms with Crippen LogP contribution < -0.4 is 5.73 Å². The first-order chi connectivity index (χ1) is 10.0. The van der Waals surface area contributed by atoms with Gasteiger partial charge in [-0.05, 0) is 38.7 Å². The third-order valence-electron chi connectivity index (χ3n) is 3.35. The quantitative estimate of drug-likeness (QED) is 0.696. The Labute approximate surface area is 127 Å². The number of methoxy groups -OCH3 is 1. The number of benzene rings is 1. The standard InChI is InChI=1S/C16H27N3O2/c1-18(2)9-6-10-19(11-12-21-3)16(20)13-14-7-4-5-8-15(14)17/h4-5,7-8H,6,9-13,17H2,1-3H3. The zero-order chi connectivity index (χ0) is 15.7. The molecule has 0 saturated carbocycles. The molecule has 0 unspecified atom stereocenters. The maximum Gasteiger partial charge on any atom is 0.227 e. The van der Waals surface area contributed by atoms with Gasteiger partial charge in [0.25, 0.3) is 0 Å². The number of carbonyl (C=O) groups is 1. The molecule has 0 aliphatic carbocycles. The van der Waals surface area contributed by atoms with Crippen molar-refractivity contribution < 1.29 is 9.53 Å². The van der Waals surface area contributed by atoms with E-state index in [-0.39, 0.29) is 5.91 Å². The molecule has 0 heterocycles. The third kappa shape index (κ3) is 6.60. The lowest BCUT2D eigenvalue weighted by Crippen LogP contribution is -2.37. The van der Waals surface area contributed by atoms with Crippen molar-refractivity contribution >= 4 is 11.6 Å². The van der Waals surface area contributed by atoms with Gasteiger partial charge < -0.3 is 20.3 Å². The Bertz CT molecular complexity index is 435. The first-order valence-corrected chi connectivity index (χ1v) is 7.29. The van der Waals surface area contributed by atoms with Gasteiger partial charge in [0.2, 0.25) is 5.91 Å². The van der Waals surface area contributed by atoms with E-state index in [1.807, 2.05) is 43.3 Å². The minimum Gasteiger partial charge on any atom is -0.398 e. The molecule has 1 amide bonds. The number of ether oxygens (including phenoxy) is 1. The van der Waals surface area contributed by atoms with E-state index in [4.69, 9.17) is 10.5 Å². The van der Waals surface area contributed by atoms with Crippen LogP contribution in [0.1, 0.15) is 12.0 Å². The highest BCUT2D eigenvalue weighted by Crippen LogP contribution is 2.12. The predicted molar refractivity (Wildman–Crippen MR) is 86.2 cm³/mol. The molecule has 1 rings (SSSR count). The smallest absolute Gasteiger partial charge is 0.227 e. The van der Waals surface area contributed by atoms with E-state index in [1.165, 1.54) is 0 Å². The number of rotatable bonds is 9. The molecule has 1 aromatic carbocycles. The molecule has 0 atom stereocenters. The van der Waals surface area contributed by atoms with Gasteiger partial charge >= 0.3 is 0 Å². The molecular weight excluding hydrogens is 266 g/mol. The topological polar surface area (TPSA) is 58.8 Å². The Morgan fingerprint density at radius 1 is 1.19 bits per heavy atom. The number of amides is 1. The fourth-order valence-electron chi connectivity index (χ4n) is 2.11. The lowest BCUT2D eigenvalue weighted by atomic mass is 10.1. The second-order valence-corrected chi connectivity index (χ2v) is 5.41. The number of anilines is 1. The number of hydrogen-bond acceptors (Lipinski definition) is 4. The first-order valence-electron chi connectivity index (χ1n) is 7.29. The summed E-state index contributed by atoms with van der Waals surface area (Å²) in [5.74, 6) is 0.101. The zero-order valence-electron chi connectivity index (χ0n) is 13.3. The van der Waals surface area contributed by atoms with E-state index in [0.29, 0.717) is 25.3 Å². The number of nitrogens with zero attached hydrogens (tertiary/aromatic N) is 2. The molecule has 21 heavy (non-hydrogen) atoms. The highest BCUT2D eigenvalue weighted by molar-refractivity contribution is 5.80. The van der Waals surface area contributed by atoms with Gasteiger partial charge in [-0.2, -0.15) is 0 Å². The van der Waals surface area contributed by atoms with Crippen LogP contribution in [-0.4, -0.2) is 63.2 Å². The van der Waals surface area contributed by atoms with Crippen molar-refractivity contribution in [3.05, 3.63) is 29.8 Å². The number of para-hydroxylation sites is 1. The normalized spacial score (nSPS) is 10.9. The lowest BCUT2D eigenvalue weighted by molar-refractivity contribution is -0.131. The number of carbonyl (C=O) groups excluding carboxylic acids is 1. The summed E-state index contributed by atoms with van der Waals surface area (Å²) in [6, 6.07) is 7.52. The van der Waals surface area contributed by atoms with Crippen LogP contribution in [0, 0.1) is 0 Å². The van der Waals surface area contributed by atoms with Crippen LogP contribution in [0.3, 0.4) is 0 Å². The molecule has 0 aliphatic heterocycles. The van der Waals surface area contributed by atoms with Gasteiger partial charge in [0.05, 0.1) is 13.0 Å². The first kappa shape index (κ1) is 17.5. The summed E-state index contributed by atoms with van der Waals surface area (Å²) in [4.78, 5) is 16.4. The average Bonchev–Trinajstić information content (AvgIpc) is 2.44. The minimum absolute atomic E-state index is 0.101. The number of nitrogens with two attached hydrogens (primary N) is 1. The van der Waals surface area contributed by atoms with E-state index >= 15 is 0 Å². The van der Waals surface area contributed by atoms with Crippen LogP contribution >= 0.6 is 0 Å². The van der Waals surface area contributed by atoms with Crippen molar-refractivity contribution in [2.45, 2.75) is 12.8 Å². The third-order valence-corrected chi connectivity index (χ3v) is 3.35. The Kier molecular flexibility index (Phi) is 7.79. The van der Waals surface area contributed by atoms with Crippen molar-refractivity contribution in [3.8, 4) is 0 Å². The van der Waals surface area contributed by atoms with E-state index in [9.17, 15) is 4.79 Å². The monoisotopic (exact) mass is 293 g/mol. The summed E-state index contributed by atoms with van der Waals surface area (Å²) in [6.07, 6.45) is 1.30. The largest absolute Gasteiger partial charge is 0.398 e. The summed E-state index contributed by atoms with van der Waals surface area (Å²) < 4.78 is 5.09. The SMILES string of the molecule is COCCN(CCCN(C)C)C(=O)Cc1ccccc1N. The average molecular weight is 293 g/mol. The van der Waals surface area contributed by atoms with Gasteiger partial charge in [-0.1, -0.05) is 18.2 Å². The van der Waals surface area contributed by atoms with Gasteiger partial charge in [0.1, 0.15) is 0 Å². The molecule has 1 aromatic rings. The molecule has 0 spiro atoms. The Morgan fingerprint density at radius 3 is 2.52 bits per heavy atom. The Hall–Kier alpha value is -1.59. The maximum absolute atomic E-state index is 12.4. The van der Waals surface area contributed by atoms with Crippen molar-refractivity contribution in [1.29, 1.82) is 0 Å². The van der Waals surface area contributed by atoms with Crippen molar-refractivity contribution in [1.82, 2.24) is 9.80 Å². The molecule has 5 nitrogen and oxygen atoms in total. The van der Waals surface area contributed by atoms with Crippen LogP contribution in [0.15, 0.2) is 24.3 Å². The Morgan fingerprint density at radius 2 is 1.90 bits per heavy atom. The van der Waals surface area contributed by atoms with Gasteiger partial charge in [-0.25, -0.2) is 0 Å². The fraction of sp³-hybridized carbons (Fsp3) is 0.562. The van der Waals surface area contributed by atoms with Crippen LogP contribution in [0.4, 0.5) is 5.69 Å². The van der Waals surface area contributed by atoms with Gasteiger partial charge in [-0.15, -0.1) is 0 Å². The summed E-state index contributed by atoms with van der Waals surface area (Å²) >= 11 is 0. The molecule has 0 fully saturated rings. The van der Waals surface area contributed by atoms with Gasteiger partial charge in [0.15, 0.2) is 0 Å². The molecule has 0 saturated heterocycles. The minimum atomic E-state index is 0.101. The van der Waals surface area contributed by atoms with E-state index in [2.05, 4.69) is 4.90 Å². The number of nitrogen functional groups attached to an aromatic ring is 1. The van der Waals surface area contributed by atoms with E-state index < -0.39 is 0 Å². The molecule has 5 heteroatoms. The van der Waals surface area contributed by atoms with Gasteiger partial charge in [0, 0.05) is 25.9 Å². The molecule has 0 radical (unpaired) electrons. The second kappa shape index (κ2) is 9.37. The zero-order valence-corrected chi connectivity index (χ0v) is 13.3. The maximum atomic E-state index is 12.4. The van der Waals surface area contributed by atoms with Crippen molar-refractivity contribution in [2.24, 2.45) is 0 Å². The van der Waals surface area contributed by atoms with Gasteiger partial charge in [-0.3, -0.25) is 4.79 Å². The Balaban J connectivity index is 2.59. The van der Waals surface area contributed by atoms with Crippen LogP contribution in [0.5, 0.6) is 0 Å². The molecule has 0 aliphatic rings. The predicted octanol–water partition coefficient (Wildman–Crippen LogP) is 1.24. The highest BCUT2D eigenvalue weighted by atomic mass is 16.5. The van der Waals surface area contributed by atoms with Crippen LogP contribution in [0.25, 0.3) is 0 Å². The summed E-state index contributed by atoms with van der Waals surface area (Å²) in [7, 11) is 5.72. The molecule has 0 aromatic heterocycles. The highest BCUT2D eigenvalue weighted by Gasteiger charge is 2.14. The number of hydrogen-bond donors (Lipinski definition) is 1. The molecule has 2 N–H and O–H groups in total. The molecular formula is C16H27N3O2. The van der Waals surface area contributed by atoms with Crippen LogP contribution in [0.2, 0.25) is 0 Å². The van der Waals surface area contributed by atoms with Crippen molar-refractivity contribution in [3.63, 3.8) is 0 Å². The van der Waals surface area contributed by atoms with Crippen LogP contribution in [-0.2, 0) is 16.0 Å². The molecule has 0 bridgehead atoms. The summed E-state index contributed by atoms with van der Waals surface area (Å²) in [5.41, 5.74) is 7.47.